The van der Waals surface area contributed by atoms with E-state index in [0.29, 0.717) is 10.7 Å². The van der Waals surface area contributed by atoms with Crippen LogP contribution in [0.2, 0.25) is 5.02 Å². The summed E-state index contributed by atoms with van der Waals surface area (Å²) in [6.45, 7) is 0. The molecule has 87 heavy (non-hydrogen) atoms. The van der Waals surface area contributed by atoms with E-state index in [9.17, 15) is 8.78 Å². The Morgan fingerprint density at radius 3 is 1.14 bits per heavy atom. The van der Waals surface area contributed by atoms with E-state index < -0.39 is 0 Å². The molecule has 13 aromatic rings. The summed E-state index contributed by atoms with van der Waals surface area (Å²) in [5, 5.41) is 0.684. The molecule has 9 nitrogen and oxygen atoms in total. The lowest BCUT2D eigenvalue weighted by molar-refractivity contribution is 0.253. The van der Waals surface area contributed by atoms with E-state index >= 15 is 0 Å². The first-order valence-electron chi connectivity index (χ1n) is 29.9. The van der Waals surface area contributed by atoms with E-state index in [1.54, 1.807) is 18.3 Å². The minimum atomic E-state index is -0.288. The number of pyridine rings is 3. The Balaban J connectivity index is 0.000000116. The van der Waals surface area contributed by atoms with Crippen molar-refractivity contribution in [2.45, 2.75) is 74.4 Å². The summed E-state index contributed by atoms with van der Waals surface area (Å²) >= 11 is 6.20. The zero-order valence-electron chi connectivity index (χ0n) is 48.0. The smallest absolute Gasteiger partial charge is 0.145 e. The molecule has 3 aliphatic carbocycles. The molecular formula is C75H64ClF2N9. The number of hydrogen-bond acceptors (Lipinski definition) is 6. The second kappa shape index (κ2) is 22.8. The highest BCUT2D eigenvalue weighted by atomic mass is 35.5. The maximum atomic E-state index is 13.7. The minimum absolute atomic E-state index is 0.146. The standard InChI is InChI=1S/C29H24FN3.C23H20ClN3.C23H20FN3/c30-24-15-11-20(12-16-24)25-8-4-19-33-27(22-6-2-1-3-7-22)26(32-28(25)33)21-9-13-23(14-10-21)29(31)17-5-18-29;2*24-19-11-14-27-20(15-19)26-21(22(27)17-5-2-1-3-6-17)16-7-9-18(10-8-16)23(25)12-4-13-23/h1-4,6-16,19H,5,17-18,31H2;2*1-3,5-11,14-15H,4,12-13,25H2. The van der Waals surface area contributed by atoms with Crippen molar-refractivity contribution in [2.24, 2.45) is 17.2 Å². The number of rotatable bonds is 10. The quantitative estimate of drug-likeness (QED) is 0.125. The van der Waals surface area contributed by atoms with Gasteiger partial charge in [-0.05, 0) is 116 Å². The summed E-state index contributed by atoms with van der Waals surface area (Å²) in [7, 11) is 0. The van der Waals surface area contributed by atoms with E-state index in [4.69, 9.17) is 43.8 Å². The number of imidazole rings is 3. The Hall–Kier alpha value is -9.36. The van der Waals surface area contributed by atoms with Crippen LogP contribution in [0, 0.1) is 11.6 Å². The first-order chi connectivity index (χ1) is 42.4. The second-order valence-electron chi connectivity index (χ2n) is 23.6. The lowest BCUT2D eigenvalue weighted by Crippen LogP contribution is -2.43. The first-order valence-corrected chi connectivity index (χ1v) is 30.3. The number of aromatic nitrogens is 6. The molecular weight excluding hydrogens is 1100 g/mol. The predicted molar refractivity (Wildman–Crippen MR) is 348 cm³/mol. The molecule has 0 radical (unpaired) electrons. The molecule has 7 aromatic carbocycles. The van der Waals surface area contributed by atoms with Gasteiger partial charge >= 0.3 is 0 Å². The molecule has 6 N–H and O–H groups in total. The summed E-state index contributed by atoms with van der Waals surface area (Å²) in [6.07, 6.45) is 15.6. The van der Waals surface area contributed by atoms with Crippen molar-refractivity contribution in [3.8, 4) is 78.7 Å². The fourth-order valence-electron chi connectivity index (χ4n) is 12.6. The van der Waals surface area contributed by atoms with Crippen LogP contribution in [-0.2, 0) is 16.6 Å². The summed E-state index contributed by atoms with van der Waals surface area (Å²) < 4.78 is 33.5. The summed E-state index contributed by atoms with van der Waals surface area (Å²) in [5.74, 6) is -0.534. The van der Waals surface area contributed by atoms with Crippen LogP contribution < -0.4 is 17.2 Å². The highest BCUT2D eigenvalue weighted by Gasteiger charge is 2.36. The van der Waals surface area contributed by atoms with E-state index in [2.05, 4.69) is 106 Å². The number of halogens is 3. The molecule has 3 saturated carbocycles. The fourth-order valence-corrected chi connectivity index (χ4v) is 12.8. The number of nitrogens with zero attached hydrogens (tertiary/aromatic N) is 6. The fraction of sp³-hybridized carbons (Fsp3) is 0.160. The van der Waals surface area contributed by atoms with E-state index in [1.807, 2.05) is 108 Å². The van der Waals surface area contributed by atoms with E-state index in [1.165, 1.54) is 60.2 Å². The van der Waals surface area contributed by atoms with Crippen LogP contribution >= 0.6 is 11.6 Å². The number of hydrogen-bond donors (Lipinski definition) is 3. The van der Waals surface area contributed by atoms with Crippen molar-refractivity contribution in [2.75, 3.05) is 0 Å². The van der Waals surface area contributed by atoms with Crippen molar-refractivity contribution in [1.82, 2.24) is 28.2 Å². The van der Waals surface area contributed by atoms with Gasteiger partial charge in [0, 0.05) is 91.3 Å². The molecule has 0 spiro atoms. The molecule has 16 rings (SSSR count). The molecule has 6 heterocycles. The van der Waals surface area contributed by atoms with Crippen LogP contribution in [0.1, 0.15) is 74.5 Å². The maximum Gasteiger partial charge on any atom is 0.145 e. The average molecular weight is 1160 g/mol. The van der Waals surface area contributed by atoms with Crippen molar-refractivity contribution < 1.29 is 8.78 Å². The van der Waals surface area contributed by atoms with Gasteiger partial charge in [0.1, 0.15) is 28.6 Å². The first kappa shape index (κ1) is 55.5. The minimum Gasteiger partial charge on any atom is -0.321 e. The van der Waals surface area contributed by atoms with Crippen molar-refractivity contribution in [3.63, 3.8) is 0 Å². The van der Waals surface area contributed by atoms with Gasteiger partial charge in [-0.3, -0.25) is 13.2 Å². The van der Waals surface area contributed by atoms with Gasteiger partial charge in [-0.1, -0.05) is 188 Å². The molecule has 3 aliphatic rings. The van der Waals surface area contributed by atoms with Crippen molar-refractivity contribution >= 4 is 28.5 Å². The largest absolute Gasteiger partial charge is 0.321 e. The topological polar surface area (TPSA) is 130 Å². The highest BCUT2D eigenvalue weighted by molar-refractivity contribution is 6.30. The molecule has 430 valence electrons. The molecule has 0 saturated heterocycles. The van der Waals surface area contributed by atoms with Gasteiger partial charge in [-0.25, -0.2) is 23.7 Å². The Labute approximate surface area is 509 Å². The zero-order valence-corrected chi connectivity index (χ0v) is 48.8. The number of fused-ring (bicyclic) bond motifs is 3. The third-order valence-electron chi connectivity index (χ3n) is 18.1. The third kappa shape index (κ3) is 10.6. The number of benzene rings is 7. The van der Waals surface area contributed by atoms with E-state index in [0.717, 1.165) is 128 Å². The molecule has 0 bridgehead atoms. The van der Waals surface area contributed by atoms with Crippen LogP contribution in [-0.4, -0.2) is 28.2 Å². The van der Waals surface area contributed by atoms with Crippen LogP contribution in [0.25, 0.3) is 95.6 Å². The molecule has 0 amide bonds. The lowest BCUT2D eigenvalue weighted by atomic mass is 9.72. The van der Waals surface area contributed by atoms with Crippen LogP contribution in [0.5, 0.6) is 0 Å². The van der Waals surface area contributed by atoms with Gasteiger partial charge in [0.25, 0.3) is 0 Å². The van der Waals surface area contributed by atoms with Gasteiger partial charge in [0.15, 0.2) is 0 Å². The second-order valence-corrected chi connectivity index (χ2v) is 24.0. The zero-order chi connectivity index (χ0) is 59.3. The predicted octanol–water partition coefficient (Wildman–Crippen LogP) is 17.6. The lowest BCUT2D eigenvalue weighted by Gasteiger charge is -2.38. The maximum absolute atomic E-state index is 13.7. The normalized spacial score (nSPS) is 15.3. The average Bonchev–Trinajstić information content (AvgIpc) is 2.42. The van der Waals surface area contributed by atoms with Gasteiger partial charge < -0.3 is 17.2 Å². The molecule has 0 atom stereocenters. The summed E-state index contributed by atoms with van der Waals surface area (Å²) in [6, 6.07) is 73.6. The van der Waals surface area contributed by atoms with Crippen LogP contribution in [0.4, 0.5) is 8.78 Å². The Kier molecular flexibility index (Phi) is 14.6. The Morgan fingerprint density at radius 1 is 0.345 bits per heavy atom. The molecule has 3 fully saturated rings. The molecule has 0 unspecified atom stereocenters. The molecule has 0 aliphatic heterocycles. The molecule has 12 heteroatoms. The third-order valence-corrected chi connectivity index (χ3v) is 18.3. The summed E-state index contributed by atoms with van der Waals surface area (Å²) in [4.78, 5) is 14.8. The van der Waals surface area contributed by atoms with Crippen molar-refractivity contribution in [1.29, 1.82) is 0 Å². The Bertz CT molecular complexity index is 4400. The Morgan fingerprint density at radius 2 is 0.724 bits per heavy atom. The van der Waals surface area contributed by atoms with E-state index in [-0.39, 0.29) is 28.3 Å². The monoisotopic (exact) mass is 1160 g/mol. The van der Waals surface area contributed by atoms with Crippen LogP contribution in [0.3, 0.4) is 0 Å². The number of nitrogens with two attached hydrogens (primary N) is 3. The van der Waals surface area contributed by atoms with Crippen LogP contribution in [0.15, 0.2) is 243 Å². The molecule has 6 aromatic heterocycles. The van der Waals surface area contributed by atoms with Gasteiger partial charge in [-0.2, -0.15) is 0 Å². The van der Waals surface area contributed by atoms with Gasteiger partial charge in [0.2, 0.25) is 0 Å². The van der Waals surface area contributed by atoms with Crippen molar-refractivity contribution in [3.05, 3.63) is 276 Å². The highest BCUT2D eigenvalue weighted by Crippen LogP contribution is 2.44. The summed E-state index contributed by atoms with van der Waals surface area (Å²) in [5.41, 5.74) is 38.9. The van der Waals surface area contributed by atoms with Gasteiger partial charge in [0.05, 0.1) is 34.2 Å². The van der Waals surface area contributed by atoms with Gasteiger partial charge in [-0.15, -0.1) is 0 Å². The SMILES string of the molecule is NC1(c2ccc(-c3nc4c(-c5ccc(F)cc5)cccn4c3-c3ccccc3)cc2)CCC1.NC1(c2ccc(-c3nc4cc(Cl)ccn4c3-c3ccccc3)cc2)CCC1.NC1(c2ccc(-c3nc4cc(F)ccn4c3-c3ccccc3)cc2)CCC1.